The average molecular weight is 354 g/mol. The summed E-state index contributed by atoms with van der Waals surface area (Å²) in [5, 5.41) is 0. The van der Waals surface area contributed by atoms with E-state index in [1.54, 1.807) is 0 Å². The molecule has 0 aromatic carbocycles. The van der Waals surface area contributed by atoms with E-state index in [1.807, 2.05) is 23.9 Å². The van der Waals surface area contributed by atoms with Gasteiger partial charge in [0.05, 0.1) is 6.42 Å². The van der Waals surface area contributed by atoms with Gasteiger partial charge >= 0.3 is 5.97 Å². The number of carbonyl (C=O) groups excluding carboxylic acids is 2. The number of esters is 1. The van der Waals surface area contributed by atoms with E-state index in [0.29, 0.717) is 19.2 Å². The fourth-order valence-corrected chi connectivity index (χ4v) is 3.48. The van der Waals surface area contributed by atoms with E-state index in [2.05, 4.69) is 16.8 Å². The van der Waals surface area contributed by atoms with Crippen LogP contribution in [0.5, 0.6) is 0 Å². The van der Waals surface area contributed by atoms with Gasteiger partial charge in [0.15, 0.2) is 0 Å². The van der Waals surface area contributed by atoms with Gasteiger partial charge in [-0.05, 0) is 47.1 Å². The summed E-state index contributed by atoms with van der Waals surface area (Å²) in [6.07, 6.45) is 2.89. The molecule has 7 heteroatoms. The van der Waals surface area contributed by atoms with Crippen LogP contribution >= 0.6 is 0 Å². The molecule has 0 unspecified atom stereocenters. The van der Waals surface area contributed by atoms with Crippen molar-refractivity contribution in [3.05, 3.63) is 0 Å². The van der Waals surface area contributed by atoms with Crippen molar-refractivity contribution in [3.63, 3.8) is 0 Å². The van der Waals surface area contributed by atoms with E-state index in [-0.39, 0.29) is 24.7 Å². The maximum absolute atomic E-state index is 12.3. The van der Waals surface area contributed by atoms with Crippen LogP contribution in [0.1, 0.15) is 25.7 Å². The lowest BCUT2D eigenvalue weighted by Crippen LogP contribution is -2.54. The molecule has 2 saturated heterocycles. The second-order valence-corrected chi connectivity index (χ2v) is 7.47. The van der Waals surface area contributed by atoms with E-state index in [1.165, 1.54) is 25.9 Å². The van der Waals surface area contributed by atoms with Crippen LogP contribution in [-0.2, 0) is 14.3 Å². The lowest BCUT2D eigenvalue weighted by atomic mass is 10.0. The van der Waals surface area contributed by atoms with Gasteiger partial charge in [-0.25, -0.2) is 0 Å². The van der Waals surface area contributed by atoms with Gasteiger partial charge in [0.2, 0.25) is 5.91 Å². The molecule has 0 aromatic rings. The van der Waals surface area contributed by atoms with Crippen LogP contribution < -0.4 is 0 Å². The lowest BCUT2D eigenvalue weighted by molar-refractivity contribution is -0.146. The van der Waals surface area contributed by atoms with Gasteiger partial charge in [-0.3, -0.25) is 14.5 Å². The number of likely N-dealkylation sites (N-methyl/N-ethyl adjacent to an activating group) is 1. The molecule has 25 heavy (non-hydrogen) atoms. The summed E-state index contributed by atoms with van der Waals surface area (Å²) in [6, 6.07) is 0.667. The number of ether oxygens (including phenoxy) is 1. The van der Waals surface area contributed by atoms with E-state index >= 15 is 0 Å². The quantitative estimate of drug-likeness (QED) is 0.605. The number of likely N-dealkylation sites (tertiary alicyclic amines) is 1. The Balaban J connectivity index is 1.61. The van der Waals surface area contributed by atoms with Gasteiger partial charge in [-0.2, -0.15) is 0 Å². The fourth-order valence-electron chi connectivity index (χ4n) is 3.48. The van der Waals surface area contributed by atoms with Gasteiger partial charge in [-0.1, -0.05) is 0 Å². The summed E-state index contributed by atoms with van der Waals surface area (Å²) >= 11 is 0. The van der Waals surface area contributed by atoms with Gasteiger partial charge < -0.3 is 19.4 Å². The zero-order chi connectivity index (χ0) is 18.2. The van der Waals surface area contributed by atoms with E-state index in [0.717, 1.165) is 26.2 Å². The zero-order valence-electron chi connectivity index (χ0n) is 16.1. The Kier molecular flexibility index (Phi) is 8.12. The highest BCUT2D eigenvalue weighted by molar-refractivity contribution is 5.81. The van der Waals surface area contributed by atoms with Crippen molar-refractivity contribution in [1.82, 2.24) is 19.6 Å². The molecule has 0 saturated carbocycles. The largest absolute Gasteiger partial charge is 0.464 e. The standard InChI is InChI=1S/C18H34N4O3/c1-19(2)14-15-25-18(24)5-4-17(23)22-12-10-21(11-13-22)16-6-8-20(3)9-7-16/h16H,4-15H2,1-3H3. The Labute approximate surface area is 151 Å². The van der Waals surface area contributed by atoms with Crippen molar-refractivity contribution in [1.29, 1.82) is 0 Å². The van der Waals surface area contributed by atoms with Crippen LogP contribution in [0.2, 0.25) is 0 Å². The van der Waals surface area contributed by atoms with E-state index < -0.39 is 0 Å². The SMILES string of the molecule is CN(C)CCOC(=O)CCC(=O)N1CCN(C2CCN(C)CC2)CC1. The van der Waals surface area contributed by atoms with Crippen LogP contribution in [-0.4, -0.2) is 111 Å². The number of amides is 1. The number of rotatable bonds is 7. The van der Waals surface area contributed by atoms with Crippen LogP contribution in [0.15, 0.2) is 0 Å². The average Bonchev–Trinajstić information content (AvgIpc) is 2.60. The Morgan fingerprint density at radius 1 is 1.00 bits per heavy atom. The molecule has 0 aliphatic carbocycles. The van der Waals surface area contributed by atoms with Gasteiger partial charge in [-0.15, -0.1) is 0 Å². The number of piperazine rings is 1. The van der Waals surface area contributed by atoms with Crippen LogP contribution in [0.25, 0.3) is 0 Å². The second kappa shape index (κ2) is 10.1. The molecule has 2 aliphatic heterocycles. The third-order valence-corrected chi connectivity index (χ3v) is 5.22. The lowest BCUT2D eigenvalue weighted by Gasteiger charge is -2.42. The first-order chi connectivity index (χ1) is 12.0. The molecule has 0 bridgehead atoms. The minimum atomic E-state index is -0.278. The van der Waals surface area contributed by atoms with Gasteiger partial charge in [0.25, 0.3) is 0 Å². The molecule has 2 aliphatic rings. The summed E-state index contributed by atoms with van der Waals surface area (Å²) in [6.45, 7) is 6.88. The first-order valence-electron chi connectivity index (χ1n) is 9.46. The first-order valence-corrected chi connectivity index (χ1v) is 9.46. The number of carbonyl (C=O) groups is 2. The smallest absolute Gasteiger partial charge is 0.306 e. The predicted octanol–water partition coefficient (Wildman–Crippen LogP) is 0.110. The maximum atomic E-state index is 12.3. The van der Waals surface area contributed by atoms with Crippen LogP contribution in [0.4, 0.5) is 0 Å². The van der Waals surface area contributed by atoms with Crippen molar-refractivity contribution in [2.45, 2.75) is 31.7 Å². The Morgan fingerprint density at radius 3 is 2.24 bits per heavy atom. The third kappa shape index (κ3) is 6.92. The molecule has 0 radical (unpaired) electrons. The molecule has 2 rings (SSSR count). The fraction of sp³-hybridized carbons (Fsp3) is 0.889. The zero-order valence-corrected chi connectivity index (χ0v) is 16.1. The summed E-state index contributed by atoms with van der Waals surface area (Å²) in [4.78, 5) is 32.7. The predicted molar refractivity (Wildman–Crippen MR) is 97.4 cm³/mol. The highest BCUT2D eigenvalue weighted by Crippen LogP contribution is 2.17. The molecule has 0 aromatic heterocycles. The van der Waals surface area contributed by atoms with Crippen molar-refractivity contribution >= 4 is 11.9 Å². The second-order valence-electron chi connectivity index (χ2n) is 7.47. The number of piperidine rings is 1. The highest BCUT2D eigenvalue weighted by Gasteiger charge is 2.28. The number of hydrogen-bond acceptors (Lipinski definition) is 6. The third-order valence-electron chi connectivity index (χ3n) is 5.22. The van der Waals surface area contributed by atoms with E-state index in [9.17, 15) is 9.59 Å². The summed E-state index contributed by atoms with van der Waals surface area (Å²) in [5.74, 6) is -0.201. The minimum absolute atomic E-state index is 0.0765. The topological polar surface area (TPSA) is 56.3 Å². The van der Waals surface area contributed by atoms with Gasteiger partial charge in [0, 0.05) is 45.2 Å². The number of nitrogens with zero attached hydrogens (tertiary/aromatic N) is 4. The molecule has 2 fully saturated rings. The normalized spacial score (nSPS) is 20.9. The van der Waals surface area contributed by atoms with E-state index in [4.69, 9.17) is 4.74 Å². The Morgan fingerprint density at radius 2 is 1.64 bits per heavy atom. The first kappa shape index (κ1) is 20.1. The van der Waals surface area contributed by atoms with Crippen molar-refractivity contribution in [2.75, 3.05) is 73.6 Å². The molecule has 0 spiro atoms. The summed E-state index contributed by atoms with van der Waals surface area (Å²) in [5.41, 5.74) is 0. The molecule has 7 nitrogen and oxygen atoms in total. The minimum Gasteiger partial charge on any atom is -0.464 e. The monoisotopic (exact) mass is 354 g/mol. The molecule has 144 valence electrons. The van der Waals surface area contributed by atoms with Crippen LogP contribution in [0.3, 0.4) is 0 Å². The number of hydrogen-bond donors (Lipinski definition) is 0. The maximum Gasteiger partial charge on any atom is 0.306 e. The molecule has 0 N–H and O–H groups in total. The molecule has 0 atom stereocenters. The van der Waals surface area contributed by atoms with Crippen molar-refractivity contribution in [3.8, 4) is 0 Å². The van der Waals surface area contributed by atoms with Crippen molar-refractivity contribution in [2.24, 2.45) is 0 Å². The molecule has 1 amide bonds. The summed E-state index contributed by atoms with van der Waals surface area (Å²) < 4.78 is 5.13. The summed E-state index contributed by atoms with van der Waals surface area (Å²) in [7, 11) is 6.05. The van der Waals surface area contributed by atoms with Crippen LogP contribution in [0, 0.1) is 0 Å². The highest BCUT2D eigenvalue weighted by atomic mass is 16.5. The molecule has 2 heterocycles. The van der Waals surface area contributed by atoms with Gasteiger partial charge in [0.1, 0.15) is 6.61 Å². The van der Waals surface area contributed by atoms with Crippen molar-refractivity contribution < 1.29 is 14.3 Å². The molecular weight excluding hydrogens is 320 g/mol. The Bertz CT molecular complexity index is 428. The molecular formula is C18H34N4O3. The Hall–Kier alpha value is -1.18.